The molecule has 0 bridgehead atoms. The van der Waals surface area contributed by atoms with E-state index in [1.165, 1.54) is 23.5 Å². The summed E-state index contributed by atoms with van der Waals surface area (Å²) >= 11 is 4.45. The average molecular weight is 407 g/mol. The van der Waals surface area contributed by atoms with Crippen molar-refractivity contribution in [1.82, 2.24) is 9.97 Å². The molecule has 5 N–H and O–H groups in total. The zero-order valence-corrected chi connectivity index (χ0v) is 14.4. The lowest BCUT2D eigenvalue weighted by molar-refractivity contribution is 0.0993. The highest BCUT2D eigenvalue weighted by Gasteiger charge is 2.14. The van der Waals surface area contributed by atoms with Crippen molar-refractivity contribution in [1.29, 1.82) is 0 Å². The van der Waals surface area contributed by atoms with Crippen molar-refractivity contribution in [3.63, 3.8) is 0 Å². The van der Waals surface area contributed by atoms with Gasteiger partial charge in [0.1, 0.15) is 11.4 Å². The minimum Gasteiger partial charge on any atom is -0.507 e. The molecule has 7 nitrogen and oxygen atoms in total. The summed E-state index contributed by atoms with van der Waals surface area (Å²) in [5.41, 5.74) is 6.90. The fourth-order valence-electron chi connectivity index (χ4n) is 2.01. The molecular formula is C15H11BrN4O3S. The van der Waals surface area contributed by atoms with Gasteiger partial charge in [0.05, 0.1) is 11.3 Å². The number of halogens is 1. The molecule has 0 aliphatic heterocycles. The first kappa shape index (κ1) is 16.2. The number of rotatable bonds is 4. The normalized spacial score (nSPS) is 10.5. The van der Waals surface area contributed by atoms with E-state index < -0.39 is 11.8 Å². The van der Waals surface area contributed by atoms with Crippen molar-refractivity contribution >= 4 is 44.2 Å². The van der Waals surface area contributed by atoms with Gasteiger partial charge in [0.2, 0.25) is 0 Å². The second kappa shape index (κ2) is 6.46. The summed E-state index contributed by atoms with van der Waals surface area (Å²) in [6.07, 6.45) is 1.61. The second-order valence-electron chi connectivity index (χ2n) is 4.82. The molecule has 9 heteroatoms. The van der Waals surface area contributed by atoms with Gasteiger partial charge in [-0.1, -0.05) is 15.9 Å². The summed E-state index contributed by atoms with van der Waals surface area (Å²) in [5.74, 6) is -1.15. The Labute approximate surface area is 148 Å². The quantitative estimate of drug-likeness (QED) is 0.531. The number of benzene rings is 1. The minimum atomic E-state index is -0.560. The SMILES string of the molecule is NC(=O)c1cc(-c2csc(NC(=O)c3ccc(Br)cc3O)n2)c[nH]1. The summed E-state index contributed by atoms with van der Waals surface area (Å²) < 4.78 is 0.672. The Morgan fingerprint density at radius 2 is 2.12 bits per heavy atom. The van der Waals surface area contributed by atoms with Crippen molar-refractivity contribution in [2.75, 3.05) is 5.32 Å². The number of phenolic OH excluding ortho intramolecular Hbond substituents is 1. The maximum Gasteiger partial charge on any atom is 0.265 e. The van der Waals surface area contributed by atoms with Crippen molar-refractivity contribution in [3.05, 3.63) is 51.6 Å². The van der Waals surface area contributed by atoms with Crippen LogP contribution in [0.1, 0.15) is 20.8 Å². The van der Waals surface area contributed by atoms with Crippen LogP contribution in [0.3, 0.4) is 0 Å². The molecule has 0 unspecified atom stereocenters. The molecule has 0 fully saturated rings. The van der Waals surface area contributed by atoms with Gasteiger partial charge < -0.3 is 15.8 Å². The van der Waals surface area contributed by atoms with E-state index in [0.29, 0.717) is 20.9 Å². The zero-order chi connectivity index (χ0) is 17.3. The van der Waals surface area contributed by atoms with E-state index in [1.54, 1.807) is 23.7 Å². The van der Waals surface area contributed by atoms with Gasteiger partial charge in [0.25, 0.3) is 11.8 Å². The summed E-state index contributed by atoms with van der Waals surface area (Å²) in [6.45, 7) is 0. The van der Waals surface area contributed by atoms with Gasteiger partial charge >= 0.3 is 0 Å². The van der Waals surface area contributed by atoms with Crippen LogP contribution in [-0.2, 0) is 0 Å². The van der Waals surface area contributed by atoms with Gasteiger partial charge in [-0.15, -0.1) is 11.3 Å². The number of H-pyrrole nitrogens is 1. The third kappa shape index (κ3) is 3.31. The maximum atomic E-state index is 12.2. The fraction of sp³-hybridized carbons (Fsp3) is 0. The maximum absolute atomic E-state index is 12.2. The van der Waals surface area contributed by atoms with E-state index in [9.17, 15) is 14.7 Å². The molecule has 0 saturated carbocycles. The van der Waals surface area contributed by atoms with Crippen LogP contribution in [0.2, 0.25) is 0 Å². The molecule has 0 spiro atoms. The average Bonchev–Trinajstić information content (AvgIpc) is 3.15. The molecule has 0 atom stereocenters. The number of aromatic hydroxyl groups is 1. The molecule has 0 radical (unpaired) electrons. The molecule has 2 amide bonds. The molecule has 24 heavy (non-hydrogen) atoms. The van der Waals surface area contributed by atoms with E-state index in [1.807, 2.05) is 0 Å². The molecule has 0 aliphatic carbocycles. The van der Waals surface area contributed by atoms with Crippen molar-refractivity contribution in [3.8, 4) is 17.0 Å². The lowest BCUT2D eigenvalue weighted by Crippen LogP contribution is -2.11. The summed E-state index contributed by atoms with van der Waals surface area (Å²) in [7, 11) is 0. The van der Waals surface area contributed by atoms with Crippen LogP contribution in [0, 0.1) is 0 Å². The Morgan fingerprint density at radius 3 is 2.79 bits per heavy atom. The molecule has 2 aromatic heterocycles. The topological polar surface area (TPSA) is 121 Å². The lowest BCUT2D eigenvalue weighted by Gasteiger charge is -2.04. The van der Waals surface area contributed by atoms with Gasteiger partial charge in [-0.05, 0) is 24.3 Å². The van der Waals surface area contributed by atoms with Crippen molar-refractivity contribution < 1.29 is 14.7 Å². The van der Waals surface area contributed by atoms with Gasteiger partial charge in [0.15, 0.2) is 5.13 Å². The fourth-order valence-corrected chi connectivity index (χ4v) is 3.07. The van der Waals surface area contributed by atoms with Gasteiger partial charge in [-0.25, -0.2) is 4.98 Å². The molecule has 3 aromatic rings. The van der Waals surface area contributed by atoms with Crippen LogP contribution in [0.5, 0.6) is 5.75 Å². The van der Waals surface area contributed by atoms with Crippen molar-refractivity contribution in [2.24, 2.45) is 5.73 Å². The Kier molecular flexibility index (Phi) is 4.36. The number of nitrogens with two attached hydrogens (primary N) is 1. The molecule has 122 valence electrons. The van der Waals surface area contributed by atoms with E-state index in [2.05, 4.69) is 31.2 Å². The first-order valence-corrected chi connectivity index (χ1v) is 8.35. The predicted molar refractivity (Wildman–Crippen MR) is 94.2 cm³/mol. The Hall–Kier alpha value is -2.65. The second-order valence-corrected chi connectivity index (χ2v) is 6.59. The number of primary amides is 1. The standard InChI is InChI=1S/C15H11BrN4O3S/c16-8-1-2-9(12(21)4-8)14(23)20-15-19-11(6-24-15)7-3-10(13(17)22)18-5-7/h1-6,18,21H,(H2,17,22)(H,19,20,23). The number of hydrogen-bond donors (Lipinski definition) is 4. The Morgan fingerprint density at radius 1 is 1.33 bits per heavy atom. The van der Waals surface area contributed by atoms with Gasteiger partial charge in [-0.2, -0.15) is 0 Å². The number of thiazole rings is 1. The molecule has 2 heterocycles. The van der Waals surface area contributed by atoms with Gasteiger partial charge in [0, 0.05) is 21.6 Å². The van der Waals surface area contributed by atoms with Crippen LogP contribution >= 0.6 is 27.3 Å². The molecule has 0 saturated heterocycles. The lowest BCUT2D eigenvalue weighted by atomic mass is 10.2. The molecular weight excluding hydrogens is 396 g/mol. The predicted octanol–water partition coefficient (Wildman–Crippen LogP) is 2.96. The number of anilines is 1. The Bertz CT molecular complexity index is 934. The smallest absolute Gasteiger partial charge is 0.265 e. The van der Waals surface area contributed by atoms with Crippen LogP contribution in [0.25, 0.3) is 11.3 Å². The number of aromatic nitrogens is 2. The van der Waals surface area contributed by atoms with Crippen LogP contribution < -0.4 is 11.1 Å². The molecule has 1 aromatic carbocycles. The number of phenols is 1. The number of hydrogen-bond acceptors (Lipinski definition) is 5. The largest absolute Gasteiger partial charge is 0.507 e. The van der Waals surface area contributed by atoms with E-state index >= 15 is 0 Å². The highest BCUT2D eigenvalue weighted by atomic mass is 79.9. The van der Waals surface area contributed by atoms with Crippen LogP contribution in [-0.4, -0.2) is 26.9 Å². The summed E-state index contributed by atoms with van der Waals surface area (Å²) in [6, 6.07) is 6.19. The minimum absolute atomic E-state index is 0.129. The number of amides is 2. The Balaban J connectivity index is 1.78. The van der Waals surface area contributed by atoms with Crippen LogP contribution in [0.4, 0.5) is 5.13 Å². The monoisotopic (exact) mass is 406 g/mol. The van der Waals surface area contributed by atoms with E-state index in [-0.39, 0.29) is 17.0 Å². The van der Waals surface area contributed by atoms with Gasteiger partial charge in [-0.3, -0.25) is 14.9 Å². The number of carbonyl (C=O) groups excluding carboxylic acids is 2. The number of carbonyl (C=O) groups is 2. The van der Waals surface area contributed by atoms with E-state index in [4.69, 9.17) is 5.73 Å². The number of nitrogens with one attached hydrogen (secondary N) is 2. The highest BCUT2D eigenvalue weighted by molar-refractivity contribution is 9.10. The first-order chi connectivity index (χ1) is 11.4. The molecule has 3 rings (SSSR count). The zero-order valence-electron chi connectivity index (χ0n) is 12.0. The summed E-state index contributed by atoms with van der Waals surface area (Å²) in [4.78, 5) is 30.3. The number of nitrogens with zero attached hydrogens (tertiary/aromatic N) is 1. The van der Waals surface area contributed by atoms with Crippen LogP contribution in [0.15, 0.2) is 40.3 Å². The third-order valence-corrected chi connectivity index (χ3v) is 4.42. The third-order valence-electron chi connectivity index (χ3n) is 3.17. The highest BCUT2D eigenvalue weighted by Crippen LogP contribution is 2.27. The summed E-state index contributed by atoms with van der Waals surface area (Å²) in [5, 5.41) is 14.6. The van der Waals surface area contributed by atoms with E-state index in [0.717, 1.165) is 0 Å². The molecule has 0 aliphatic rings. The number of aromatic amines is 1. The van der Waals surface area contributed by atoms with Crippen molar-refractivity contribution in [2.45, 2.75) is 0 Å². The first-order valence-electron chi connectivity index (χ1n) is 6.68.